The van der Waals surface area contributed by atoms with Gasteiger partial charge in [0.15, 0.2) is 0 Å². The molecule has 1 aliphatic rings. The number of urea groups is 1. The molecule has 44 heavy (non-hydrogen) atoms. The second-order valence-electron chi connectivity index (χ2n) is 12.2. The third-order valence-electron chi connectivity index (χ3n) is 7.69. The van der Waals surface area contributed by atoms with E-state index in [1.807, 2.05) is 85.8 Å². The number of hydrogen-bond donors (Lipinski definition) is 3. The molecule has 1 aliphatic heterocycles. The number of fused-ring (bicyclic) bond motifs is 1. The number of hydrogen-bond acceptors (Lipinski definition) is 5. The van der Waals surface area contributed by atoms with E-state index in [0.717, 1.165) is 77.3 Å². The van der Waals surface area contributed by atoms with Crippen molar-refractivity contribution < 1.29 is 9.53 Å². The fourth-order valence-electron chi connectivity index (χ4n) is 5.19. The number of nitrogens with two attached hydrogens (primary N) is 1. The summed E-state index contributed by atoms with van der Waals surface area (Å²) >= 11 is 0. The van der Waals surface area contributed by atoms with Gasteiger partial charge in [0.05, 0.1) is 30.3 Å². The highest BCUT2D eigenvalue weighted by atomic mass is 16.5. The molecule has 5 rings (SSSR count). The first-order chi connectivity index (χ1) is 21.1. The van der Waals surface area contributed by atoms with Crippen molar-refractivity contribution >= 4 is 33.9 Å². The molecule has 0 radical (unpaired) electrons. The van der Waals surface area contributed by atoms with Crippen LogP contribution in [0.5, 0.6) is 0 Å². The van der Waals surface area contributed by atoms with E-state index in [4.69, 9.17) is 15.6 Å². The first-order valence-corrected chi connectivity index (χ1v) is 15.0. The number of carbonyl (C=O) groups is 1. The summed E-state index contributed by atoms with van der Waals surface area (Å²) in [4.78, 5) is 15.7. The van der Waals surface area contributed by atoms with Crippen molar-refractivity contribution in [2.45, 2.75) is 33.1 Å². The SMILES string of the molecule is C=C(/C=C\C(=C/N)c1ccc(NC(=O)Nc2cc(C(C)(C)C)nn2-c2ccc(C)cc2)c2ccccc12)CN1CCOCC1. The number of nitrogens with zero attached hydrogens (tertiary/aromatic N) is 3. The highest BCUT2D eigenvalue weighted by Gasteiger charge is 2.22. The Morgan fingerprint density at radius 1 is 1.00 bits per heavy atom. The number of allylic oxidation sites excluding steroid dienone is 2. The number of amides is 2. The zero-order valence-electron chi connectivity index (χ0n) is 26.1. The van der Waals surface area contributed by atoms with Gasteiger partial charge in [0.2, 0.25) is 0 Å². The van der Waals surface area contributed by atoms with E-state index in [0.29, 0.717) is 11.5 Å². The van der Waals surface area contributed by atoms with Gasteiger partial charge in [0.1, 0.15) is 5.82 Å². The summed E-state index contributed by atoms with van der Waals surface area (Å²) in [5, 5.41) is 12.8. The zero-order valence-corrected chi connectivity index (χ0v) is 26.1. The molecule has 0 bridgehead atoms. The number of anilines is 2. The second kappa shape index (κ2) is 13.3. The van der Waals surface area contributed by atoms with Crippen molar-refractivity contribution in [3.8, 4) is 5.69 Å². The highest BCUT2D eigenvalue weighted by Crippen LogP contribution is 2.32. The minimum absolute atomic E-state index is 0.188. The Morgan fingerprint density at radius 2 is 1.70 bits per heavy atom. The minimum atomic E-state index is -0.356. The lowest BCUT2D eigenvalue weighted by molar-refractivity contribution is 0.0426. The number of aromatic nitrogens is 2. The van der Waals surface area contributed by atoms with Gasteiger partial charge in [-0.25, -0.2) is 9.48 Å². The van der Waals surface area contributed by atoms with E-state index < -0.39 is 0 Å². The summed E-state index contributed by atoms with van der Waals surface area (Å²) in [6, 6.07) is 21.5. The lowest BCUT2D eigenvalue weighted by Crippen LogP contribution is -2.37. The van der Waals surface area contributed by atoms with E-state index in [-0.39, 0.29) is 11.4 Å². The Balaban J connectivity index is 1.37. The van der Waals surface area contributed by atoms with Gasteiger partial charge < -0.3 is 15.8 Å². The highest BCUT2D eigenvalue weighted by molar-refractivity contribution is 6.09. The van der Waals surface area contributed by atoms with Crippen LogP contribution in [0.25, 0.3) is 22.0 Å². The van der Waals surface area contributed by atoms with Gasteiger partial charge >= 0.3 is 6.03 Å². The van der Waals surface area contributed by atoms with Gasteiger partial charge in [-0.3, -0.25) is 10.2 Å². The zero-order chi connectivity index (χ0) is 31.3. The summed E-state index contributed by atoms with van der Waals surface area (Å²) in [6.45, 7) is 16.7. The van der Waals surface area contributed by atoms with Gasteiger partial charge in [-0.1, -0.05) is 87.5 Å². The van der Waals surface area contributed by atoms with E-state index >= 15 is 0 Å². The third kappa shape index (κ3) is 7.27. The van der Waals surface area contributed by atoms with Gasteiger partial charge in [0.25, 0.3) is 0 Å². The van der Waals surface area contributed by atoms with Crippen LogP contribution in [-0.4, -0.2) is 53.6 Å². The number of nitrogens with one attached hydrogen (secondary N) is 2. The maximum atomic E-state index is 13.4. The molecule has 0 saturated carbocycles. The Labute approximate surface area is 259 Å². The fraction of sp³-hybridized carbons (Fsp3) is 0.278. The molecule has 0 atom stereocenters. The van der Waals surface area contributed by atoms with Gasteiger partial charge in [0, 0.05) is 42.7 Å². The molecule has 4 N–H and O–H groups in total. The summed E-state index contributed by atoms with van der Waals surface area (Å²) in [5.74, 6) is 0.591. The summed E-state index contributed by atoms with van der Waals surface area (Å²) in [6.07, 6.45) is 5.63. The Morgan fingerprint density at radius 3 is 2.39 bits per heavy atom. The number of benzene rings is 3. The standard InChI is InChI=1S/C36H42N6O2/c1-25-11-14-28(15-12-25)42-34(22-33(40-42)36(3,4)5)39-35(43)38-32-17-16-29(30-8-6-7-9-31(30)32)27(23-37)13-10-26(2)24-41-18-20-44-21-19-41/h6-17,22-23H,2,18-21,24,37H2,1,3-5H3,(H2,38,39,43)/b13-10-,27-23+. The van der Waals surface area contributed by atoms with Gasteiger partial charge in [-0.2, -0.15) is 5.10 Å². The van der Waals surface area contributed by atoms with Crippen LogP contribution in [0.2, 0.25) is 0 Å². The maximum absolute atomic E-state index is 13.4. The molecule has 228 valence electrons. The van der Waals surface area contributed by atoms with Crippen molar-refractivity contribution in [2.24, 2.45) is 5.73 Å². The van der Waals surface area contributed by atoms with Crippen molar-refractivity contribution in [3.63, 3.8) is 0 Å². The molecular formula is C36H42N6O2. The summed E-state index contributed by atoms with van der Waals surface area (Å²) < 4.78 is 7.23. The molecule has 3 aromatic carbocycles. The first kappa shape index (κ1) is 30.8. The lowest BCUT2D eigenvalue weighted by Gasteiger charge is -2.26. The molecular weight excluding hydrogens is 548 g/mol. The normalized spacial score (nSPS) is 14.7. The van der Waals surface area contributed by atoms with Crippen LogP contribution < -0.4 is 16.4 Å². The van der Waals surface area contributed by atoms with Crippen molar-refractivity contribution in [3.05, 3.63) is 114 Å². The smallest absolute Gasteiger partial charge is 0.324 e. The van der Waals surface area contributed by atoms with Crippen LogP contribution in [0, 0.1) is 6.92 Å². The topological polar surface area (TPSA) is 97.4 Å². The van der Waals surface area contributed by atoms with Gasteiger partial charge in [-0.15, -0.1) is 0 Å². The molecule has 8 nitrogen and oxygen atoms in total. The van der Waals surface area contributed by atoms with Crippen LogP contribution in [0.4, 0.5) is 16.3 Å². The van der Waals surface area contributed by atoms with Crippen molar-refractivity contribution in [1.82, 2.24) is 14.7 Å². The molecule has 2 heterocycles. The van der Waals surface area contributed by atoms with E-state index in [2.05, 4.69) is 42.9 Å². The Hall–Kier alpha value is -4.66. The molecule has 1 aromatic heterocycles. The van der Waals surface area contributed by atoms with Crippen LogP contribution in [0.15, 0.2) is 97.2 Å². The molecule has 0 spiro atoms. The van der Waals surface area contributed by atoms with Crippen molar-refractivity contribution in [1.29, 1.82) is 0 Å². The number of aryl methyl sites for hydroxylation is 1. The first-order valence-electron chi connectivity index (χ1n) is 15.0. The minimum Gasteiger partial charge on any atom is -0.404 e. The lowest BCUT2D eigenvalue weighted by atomic mass is 9.92. The number of rotatable bonds is 8. The van der Waals surface area contributed by atoms with Crippen molar-refractivity contribution in [2.75, 3.05) is 43.5 Å². The van der Waals surface area contributed by atoms with E-state index in [1.54, 1.807) is 10.9 Å². The molecule has 1 fully saturated rings. The monoisotopic (exact) mass is 590 g/mol. The predicted molar refractivity (Wildman–Crippen MR) is 181 cm³/mol. The fourth-order valence-corrected chi connectivity index (χ4v) is 5.19. The molecule has 4 aromatic rings. The van der Waals surface area contributed by atoms with Crippen LogP contribution >= 0.6 is 0 Å². The summed E-state index contributed by atoms with van der Waals surface area (Å²) in [7, 11) is 0. The van der Waals surface area contributed by atoms with E-state index in [9.17, 15) is 4.79 Å². The maximum Gasteiger partial charge on any atom is 0.324 e. The molecule has 8 heteroatoms. The third-order valence-corrected chi connectivity index (χ3v) is 7.69. The Kier molecular flexibility index (Phi) is 9.32. The van der Waals surface area contributed by atoms with Gasteiger partial charge in [-0.05, 0) is 47.2 Å². The molecule has 1 saturated heterocycles. The Bertz CT molecular complexity index is 1700. The largest absolute Gasteiger partial charge is 0.404 e. The number of carbonyl (C=O) groups excluding carboxylic acids is 1. The predicted octanol–water partition coefficient (Wildman–Crippen LogP) is 7.02. The second-order valence-corrected chi connectivity index (χ2v) is 12.2. The summed E-state index contributed by atoms with van der Waals surface area (Å²) in [5.41, 5.74) is 12.4. The average molecular weight is 591 g/mol. The van der Waals surface area contributed by atoms with Crippen LogP contribution in [0.3, 0.4) is 0 Å². The van der Waals surface area contributed by atoms with Crippen LogP contribution in [-0.2, 0) is 10.2 Å². The quantitative estimate of drug-likeness (QED) is 0.192. The number of morpholine rings is 1. The molecule has 0 aliphatic carbocycles. The molecule has 0 unspecified atom stereocenters. The molecule has 2 amide bonds. The average Bonchev–Trinajstić information content (AvgIpc) is 3.43. The van der Waals surface area contributed by atoms with E-state index in [1.165, 1.54) is 0 Å². The number of ether oxygens (including phenoxy) is 1. The van der Waals surface area contributed by atoms with Crippen LogP contribution in [0.1, 0.15) is 37.6 Å².